The fourth-order valence-electron chi connectivity index (χ4n) is 3.27. The SMILES string of the molecule is CCCc1nc2ccc(F)cc2c(=O)n1-c1ccc(F)c(F)c1.Nc1ncnc2nc[nH]c12. The van der Waals surface area contributed by atoms with E-state index in [1.54, 1.807) is 0 Å². The molecule has 5 rings (SSSR count). The maximum Gasteiger partial charge on any atom is 0.266 e. The van der Waals surface area contributed by atoms with Crippen molar-refractivity contribution in [3.05, 3.63) is 82.7 Å². The minimum absolute atomic E-state index is 0.0922. The van der Waals surface area contributed by atoms with Crippen molar-refractivity contribution in [2.24, 2.45) is 0 Å². The third-order valence-corrected chi connectivity index (χ3v) is 4.79. The predicted octanol–water partition coefficient (Wildman–Crippen LogP) is 3.69. The van der Waals surface area contributed by atoms with Gasteiger partial charge in [-0.15, -0.1) is 0 Å². The number of imidazole rings is 1. The van der Waals surface area contributed by atoms with Gasteiger partial charge in [-0.3, -0.25) is 9.36 Å². The molecule has 0 aliphatic heterocycles. The highest BCUT2D eigenvalue weighted by atomic mass is 19.2. The molecule has 0 atom stereocenters. The Morgan fingerprint density at radius 1 is 1.03 bits per heavy atom. The first-order valence-electron chi connectivity index (χ1n) is 9.95. The predicted molar refractivity (Wildman–Crippen MR) is 117 cm³/mol. The average Bonchev–Trinajstić information content (AvgIpc) is 3.28. The number of nitrogen functional groups attached to an aromatic ring is 1. The van der Waals surface area contributed by atoms with Crippen LogP contribution >= 0.6 is 0 Å². The van der Waals surface area contributed by atoms with Crippen molar-refractivity contribution in [2.45, 2.75) is 19.8 Å². The van der Waals surface area contributed by atoms with E-state index in [0.717, 1.165) is 18.2 Å². The van der Waals surface area contributed by atoms with Crippen LogP contribution < -0.4 is 11.3 Å². The van der Waals surface area contributed by atoms with E-state index in [0.29, 0.717) is 41.2 Å². The summed E-state index contributed by atoms with van der Waals surface area (Å²) in [5.74, 6) is -1.77. The first-order chi connectivity index (χ1) is 15.9. The molecular weight excluding hydrogens is 435 g/mol. The normalized spacial score (nSPS) is 10.9. The van der Waals surface area contributed by atoms with Gasteiger partial charge in [0, 0.05) is 12.5 Å². The van der Waals surface area contributed by atoms with Crippen LogP contribution in [0.15, 0.2) is 53.8 Å². The minimum atomic E-state index is -1.06. The Morgan fingerprint density at radius 2 is 1.85 bits per heavy atom. The highest BCUT2D eigenvalue weighted by Crippen LogP contribution is 2.17. The third-order valence-electron chi connectivity index (χ3n) is 4.79. The molecule has 168 valence electrons. The molecule has 0 aliphatic carbocycles. The highest BCUT2D eigenvalue weighted by molar-refractivity contribution is 5.80. The molecule has 3 aromatic heterocycles. The van der Waals surface area contributed by atoms with Crippen molar-refractivity contribution in [1.82, 2.24) is 29.5 Å². The number of aromatic nitrogens is 6. The summed E-state index contributed by atoms with van der Waals surface area (Å²) < 4.78 is 41.3. The number of benzene rings is 2. The first kappa shape index (κ1) is 21.9. The molecule has 0 bridgehead atoms. The van der Waals surface area contributed by atoms with Crippen LogP contribution in [0, 0.1) is 17.5 Å². The number of hydrogen-bond donors (Lipinski definition) is 2. The molecule has 0 saturated heterocycles. The number of nitrogens with zero attached hydrogens (tertiary/aromatic N) is 5. The second-order valence-corrected chi connectivity index (χ2v) is 7.04. The standard InChI is InChI=1S/C17H13F3N2O.C5H5N5/c1-2-3-16-21-15-7-4-10(18)8-12(15)17(23)22(16)11-5-6-13(19)14(20)9-11;6-4-3-5(9-1-7-3)10-2-8-4/h4-9H,2-3H2,1H3;1-2H,(H3,6,7,8,9,10). The number of fused-ring (bicyclic) bond motifs is 2. The summed E-state index contributed by atoms with van der Waals surface area (Å²) >= 11 is 0. The summed E-state index contributed by atoms with van der Waals surface area (Å²) in [5.41, 5.74) is 6.81. The lowest BCUT2D eigenvalue weighted by Gasteiger charge is -2.13. The van der Waals surface area contributed by atoms with Gasteiger partial charge in [0.25, 0.3) is 5.56 Å². The van der Waals surface area contributed by atoms with Crippen LogP contribution in [0.1, 0.15) is 19.2 Å². The first-order valence-corrected chi connectivity index (χ1v) is 9.95. The molecule has 0 unspecified atom stereocenters. The second-order valence-electron chi connectivity index (χ2n) is 7.04. The summed E-state index contributed by atoms with van der Waals surface area (Å²) in [6.45, 7) is 1.91. The zero-order valence-corrected chi connectivity index (χ0v) is 17.4. The van der Waals surface area contributed by atoms with Gasteiger partial charge < -0.3 is 10.7 Å². The highest BCUT2D eigenvalue weighted by Gasteiger charge is 2.14. The number of H-pyrrole nitrogens is 1. The molecule has 0 spiro atoms. The molecule has 5 aromatic rings. The Morgan fingerprint density at radius 3 is 2.58 bits per heavy atom. The Labute approximate surface area is 185 Å². The molecule has 11 heteroatoms. The van der Waals surface area contributed by atoms with Gasteiger partial charge in [-0.2, -0.15) is 0 Å². The summed E-state index contributed by atoms with van der Waals surface area (Å²) in [6.07, 6.45) is 4.11. The van der Waals surface area contributed by atoms with E-state index in [9.17, 15) is 18.0 Å². The number of aryl methyl sites for hydroxylation is 1. The van der Waals surface area contributed by atoms with Gasteiger partial charge >= 0.3 is 0 Å². The average molecular weight is 453 g/mol. The van der Waals surface area contributed by atoms with Gasteiger partial charge in [-0.25, -0.2) is 33.1 Å². The van der Waals surface area contributed by atoms with Gasteiger partial charge in [0.15, 0.2) is 23.1 Å². The van der Waals surface area contributed by atoms with E-state index in [2.05, 4.69) is 24.9 Å². The molecule has 0 saturated carbocycles. The van der Waals surface area contributed by atoms with E-state index in [4.69, 9.17) is 5.73 Å². The summed E-state index contributed by atoms with van der Waals surface area (Å²) in [5, 5.41) is 0.0922. The van der Waals surface area contributed by atoms with Gasteiger partial charge in [0.1, 0.15) is 23.5 Å². The lowest BCUT2D eigenvalue weighted by Crippen LogP contribution is -2.24. The molecule has 8 nitrogen and oxygen atoms in total. The van der Waals surface area contributed by atoms with Crippen molar-refractivity contribution in [2.75, 3.05) is 5.73 Å². The molecule has 3 heterocycles. The fraction of sp³-hybridized carbons (Fsp3) is 0.136. The molecule has 2 aromatic carbocycles. The number of hydrogen-bond acceptors (Lipinski definition) is 6. The maximum absolute atomic E-state index is 13.5. The molecule has 0 amide bonds. The summed E-state index contributed by atoms with van der Waals surface area (Å²) in [4.78, 5) is 31.5. The van der Waals surface area contributed by atoms with E-state index >= 15 is 0 Å². The number of nitrogens with two attached hydrogens (primary N) is 1. The number of rotatable bonds is 3. The van der Waals surface area contributed by atoms with Crippen molar-refractivity contribution in [1.29, 1.82) is 0 Å². The summed E-state index contributed by atoms with van der Waals surface area (Å²) in [7, 11) is 0. The third kappa shape index (κ3) is 4.38. The second kappa shape index (κ2) is 9.07. The van der Waals surface area contributed by atoms with Crippen LogP contribution in [-0.2, 0) is 6.42 Å². The topological polar surface area (TPSA) is 115 Å². The molecule has 0 fully saturated rings. The Bertz CT molecular complexity index is 1510. The lowest BCUT2D eigenvalue weighted by atomic mass is 10.2. The zero-order chi connectivity index (χ0) is 23.5. The smallest absolute Gasteiger partial charge is 0.266 e. The van der Waals surface area contributed by atoms with Crippen molar-refractivity contribution in [3.63, 3.8) is 0 Å². The Hall–Kier alpha value is -4.28. The van der Waals surface area contributed by atoms with Crippen LogP contribution in [0.2, 0.25) is 0 Å². The molecule has 0 radical (unpaired) electrons. The van der Waals surface area contributed by atoms with Crippen LogP contribution in [0.5, 0.6) is 0 Å². The Balaban J connectivity index is 0.000000214. The summed E-state index contributed by atoms with van der Waals surface area (Å²) in [6, 6.07) is 6.93. The molecule has 0 aliphatic rings. The van der Waals surface area contributed by atoms with E-state index in [1.165, 1.54) is 35.4 Å². The van der Waals surface area contributed by atoms with Crippen LogP contribution in [0.3, 0.4) is 0 Å². The van der Waals surface area contributed by atoms with E-state index in [-0.39, 0.29) is 11.1 Å². The van der Waals surface area contributed by atoms with Crippen molar-refractivity contribution in [3.8, 4) is 5.69 Å². The zero-order valence-electron chi connectivity index (χ0n) is 17.4. The minimum Gasteiger partial charge on any atom is -0.382 e. The van der Waals surface area contributed by atoms with E-state index in [1.807, 2.05) is 6.92 Å². The molecule has 3 N–H and O–H groups in total. The largest absolute Gasteiger partial charge is 0.382 e. The lowest BCUT2D eigenvalue weighted by molar-refractivity contribution is 0.507. The van der Waals surface area contributed by atoms with Crippen LogP contribution in [-0.4, -0.2) is 29.5 Å². The Kier molecular flexibility index (Phi) is 6.03. The number of nitrogens with one attached hydrogen (secondary N) is 1. The fourth-order valence-corrected chi connectivity index (χ4v) is 3.27. The number of aromatic amines is 1. The molecule has 33 heavy (non-hydrogen) atoms. The van der Waals surface area contributed by atoms with Gasteiger partial charge in [-0.1, -0.05) is 6.92 Å². The van der Waals surface area contributed by atoms with Gasteiger partial charge in [0.2, 0.25) is 0 Å². The number of anilines is 1. The van der Waals surface area contributed by atoms with Gasteiger partial charge in [0.05, 0.1) is 22.9 Å². The van der Waals surface area contributed by atoms with Gasteiger partial charge in [-0.05, 0) is 36.8 Å². The maximum atomic E-state index is 13.5. The van der Waals surface area contributed by atoms with Crippen molar-refractivity contribution < 1.29 is 13.2 Å². The molecular formula is C22H18F3N7O. The van der Waals surface area contributed by atoms with Crippen LogP contribution in [0.4, 0.5) is 19.0 Å². The van der Waals surface area contributed by atoms with Crippen LogP contribution in [0.25, 0.3) is 27.8 Å². The quantitative estimate of drug-likeness (QED) is 0.431. The van der Waals surface area contributed by atoms with Crippen molar-refractivity contribution >= 4 is 27.9 Å². The monoisotopic (exact) mass is 453 g/mol. The number of halogens is 3. The van der Waals surface area contributed by atoms with E-state index < -0.39 is 23.0 Å².